The predicted octanol–water partition coefficient (Wildman–Crippen LogP) is 3.59. The van der Waals surface area contributed by atoms with Gasteiger partial charge in [0.05, 0.1) is 0 Å². The Balaban J connectivity index is 2.37. The van der Waals surface area contributed by atoms with Crippen LogP contribution in [-0.2, 0) is 0 Å². The van der Waals surface area contributed by atoms with Crippen LogP contribution in [0, 0.1) is 6.92 Å². The number of hydrogen-bond donors (Lipinski definition) is 1. The molecule has 0 aliphatic rings. The van der Waals surface area contributed by atoms with E-state index in [1.54, 1.807) is 43.3 Å². The minimum absolute atomic E-state index is 0.0789. The smallest absolute Gasteiger partial charge is 0.193 e. The van der Waals surface area contributed by atoms with E-state index in [-0.39, 0.29) is 11.5 Å². The Morgan fingerprint density at radius 3 is 2.24 bits per heavy atom. The fourth-order valence-electron chi connectivity index (χ4n) is 1.56. The Bertz CT molecular complexity index is 559. The molecule has 0 amide bonds. The van der Waals surface area contributed by atoms with Crippen molar-refractivity contribution in [3.05, 3.63) is 64.2 Å². The van der Waals surface area contributed by atoms with Crippen molar-refractivity contribution in [1.29, 1.82) is 0 Å². The summed E-state index contributed by atoms with van der Waals surface area (Å²) < 4.78 is 0. The minimum atomic E-state index is -0.0789. The summed E-state index contributed by atoms with van der Waals surface area (Å²) in [6, 6.07) is 11.5. The molecule has 0 radical (unpaired) electrons. The molecule has 2 nitrogen and oxygen atoms in total. The van der Waals surface area contributed by atoms with Crippen molar-refractivity contribution < 1.29 is 9.90 Å². The first kappa shape index (κ1) is 11.7. The monoisotopic (exact) mass is 246 g/mol. The average molecular weight is 247 g/mol. The fourth-order valence-corrected chi connectivity index (χ4v) is 1.69. The summed E-state index contributed by atoms with van der Waals surface area (Å²) >= 11 is 5.76. The number of aromatic hydroxyl groups is 1. The molecule has 0 saturated carbocycles. The Morgan fingerprint density at radius 1 is 1.06 bits per heavy atom. The van der Waals surface area contributed by atoms with E-state index in [0.717, 1.165) is 0 Å². The third kappa shape index (κ3) is 2.48. The predicted molar refractivity (Wildman–Crippen MR) is 67.7 cm³/mol. The summed E-state index contributed by atoms with van der Waals surface area (Å²) in [5, 5.41) is 10.0. The maximum atomic E-state index is 12.1. The van der Waals surface area contributed by atoms with Crippen molar-refractivity contribution in [2.45, 2.75) is 6.92 Å². The number of ketones is 1. The van der Waals surface area contributed by atoms with Gasteiger partial charge in [0, 0.05) is 16.1 Å². The number of aryl methyl sites for hydroxylation is 1. The number of carbonyl (C=O) groups excluding carboxylic acids is 1. The Kier molecular flexibility index (Phi) is 3.16. The maximum absolute atomic E-state index is 12.1. The zero-order valence-corrected chi connectivity index (χ0v) is 10.0. The Hall–Kier alpha value is -1.80. The van der Waals surface area contributed by atoms with Crippen LogP contribution in [0.5, 0.6) is 5.75 Å². The molecule has 0 unspecified atom stereocenters. The lowest BCUT2D eigenvalue weighted by Gasteiger charge is -2.04. The van der Waals surface area contributed by atoms with E-state index in [1.807, 2.05) is 0 Å². The van der Waals surface area contributed by atoms with Crippen LogP contribution in [0.3, 0.4) is 0 Å². The molecule has 0 aliphatic carbocycles. The number of carbonyl (C=O) groups is 1. The van der Waals surface area contributed by atoms with E-state index in [1.165, 1.54) is 6.07 Å². The molecule has 0 spiro atoms. The first-order valence-electron chi connectivity index (χ1n) is 5.18. The number of rotatable bonds is 2. The molecular formula is C14H11ClO2. The molecule has 2 rings (SSSR count). The van der Waals surface area contributed by atoms with Gasteiger partial charge in [0.2, 0.25) is 0 Å². The van der Waals surface area contributed by atoms with Crippen molar-refractivity contribution in [3.8, 4) is 5.75 Å². The number of hydrogen-bond acceptors (Lipinski definition) is 2. The lowest BCUT2D eigenvalue weighted by atomic mass is 10.0. The lowest BCUT2D eigenvalue weighted by molar-refractivity contribution is 0.103. The van der Waals surface area contributed by atoms with Gasteiger partial charge < -0.3 is 5.11 Å². The van der Waals surface area contributed by atoms with Gasteiger partial charge in [0.15, 0.2) is 5.78 Å². The molecule has 17 heavy (non-hydrogen) atoms. The Morgan fingerprint density at radius 2 is 1.65 bits per heavy atom. The van der Waals surface area contributed by atoms with E-state index >= 15 is 0 Å². The molecule has 1 N–H and O–H groups in total. The van der Waals surface area contributed by atoms with Gasteiger partial charge in [-0.25, -0.2) is 0 Å². The highest BCUT2D eigenvalue weighted by atomic mass is 35.5. The molecule has 3 heteroatoms. The average Bonchev–Trinajstić information content (AvgIpc) is 2.33. The second-order valence-electron chi connectivity index (χ2n) is 3.84. The summed E-state index contributed by atoms with van der Waals surface area (Å²) in [7, 11) is 0. The molecule has 0 atom stereocenters. The number of phenolic OH excluding ortho intramolecular Hbond substituents is 1. The number of halogens is 1. The summed E-state index contributed by atoms with van der Waals surface area (Å²) in [4.78, 5) is 12.1. The molecule has 0 aliphatic heterocycles. The van der Waals surface area contributed by atoms with Gasteiger partial charge in [-0.05, 0) is 55.0 Å². The molecule has 2 aromatic rings. The number of benzene rings is 2. The number of phenols is 1. The molecule has 2 aromatic carbocycles. The molecule has 0 aromatic heterocycles. The molecule has 86 valence electrons. The van der Waals surface area contributed by atoms with Crippen LogP contribution < -0.4 is 0 Å². The lowest BCUT2D eigenvalue weighted by Crippen LogP contribution is -2.01. The van der Waals surface area contributed by atoms with Crippen LogP contribution in [0.2, 0.25) is 5.02 Å². The first-order valence-corrected chi connectivity index (χ1v) is 5.55. The largest absolute Gasteiger partial charge is 0.508 e. The van der Waals surface area contributed by atoms with Gasteiger partial charge in [-0.2, -0.15) is 0 Å². The van der Waals surface area contributed by atoms with Gasteiger partial charge in [-0.1, -0.05) is 11.6 Å². The Labute approximate surface area is 104 Å². The zero-order chi connectivity index (χ0) is 12.4. The maximum Gasteiger partial charge on any atom is 0.193 e. The van der Waals surface area contributed by atoms with Gasteiger partial charge in [0.1, 0.15) is 5.75 Å². The van der Waals surface area contributed by atoms with Crippen LogP contribution in [-0.4, -0.2) is 10.9 Å². The van der Waals surface area contributed by atoms with E-state index in [9.17, 15) is 9.90 Å². The highest BCUT2D eigenvalue weighted by Gasteiger charge is 2.09. The van der Waals surface area contributed by atoms with Gasteiger partial charge >= 0.3 is 0 Å². The van der Waals surface area contributed by atoms with E-state index in [0.29, 0.717) is 21.7 Å². The minimum Gasteiger partial charge on any atom is -0.508 e. The topological polar surface area (TPSA) is 37.3 Å². The quantitative estimate of drug-likeness (QED) is 0.823. The fraction of sp³-hybridized carbons (Fsp3) is 0.0714. The molecule has 0 fully saturated rings. The van der Waals surface area contributed by atoms with Gasteiger partial charge in [-0.15, -0.1) is 0 Å². The highest BCUT2D eigenvalue weighted by molar-refractivity contribution is 6.30. The van der Waals surface area contributed by atoms with Crippen molar-refractivity contribution in [2.75, 3.05) is 0 Å². The highest BCUT2D eigenvalue weighted by Crippen LogP contribution is 2.20. The van der Waals surface area contributed by atoms with Crippen molar-refractivity contribution in [2.24, 2.45) is 0 Å². The molecular weight excluding hydrogens is 236 g/mol. The zero-order valence-electron chi connectivity index (χ0n) is 9.27. The summed E-state index contributed by atoms with van der Waals surface area (Å²) in [6.07, 6.45) is 0. The van der Waals surface area contributed by atoms with Crippen LogP contribution in [0.25, 0.3) is 0 Å². The van der Waals surface area contributed by atoms with E-state index in [4.69, 9.17) is 11.6 Å². The van der Waals surface area contributed by atoms with Crippen molar-refractivity contribution >= 4 is 17.4 Å². The molecule has 0 saturated heterocycles. The van der Waals surface area contributed by atoms with Gasteiger partial charge in [0.25, 0.3) is 0 Å². The molecule has 0 heterocycles. The van der Waals surface area contributed by atoms with Crippen LogP contribution in [0.4, 0.5) is 0 Å². The van der Waals surface area contributed by atoms with Gasteiger partial charge in [-0.3, -0.25) is 4.79 Å². The third-order valence-corrected chi connectivity index (χ3v) is 2.82. The van der Waals surface area contributed by atoms with E-state index < -0.39 is 0 Å². The van der Waals surface area contributed by atoms with E-state index in [2.05, 4.69) is 0 Å². The normalized spacial score (nSPS) is 10.2. The van der Waals surface area contributed by atoms with Crippen LogP contribution in [0.1, 0.15) is 21.5 Å². The standard InChI is InChI=1S/C14H11ClO2/c1-9-8-11(4-7-13(9)16)14(17)10-2-5-12(15)6-3-10/h2-8,16H,1H3. The van der Waals surface area contributed by atoms with Crippen molar-refractivity contribution in [3.63, 3.8) is 0 Å². The first-order chi connectivity index (χ1) is 8.08. The summed E-state index contributed by atoms with van der Waals surface area (Å²) in [5.41, 5.74) is 1.83. The summed E-state index contributed by atoms with van der Waals surface area (Å²) in [6.45, 7) is 1.76. The third-order valence-electron chi connectivity index (χ3n) is 2.57. The molecule has 0 bridgehead atoms. The second kappa shape index (κ2) is 4.60. The van der Waals surface area contributed by atoms with Crippen molar-refractivity contribution in [1.82, 2.24) is 0 Å². The SMILES string of the molecule is Cc1cc(C(=O)c2ccc(Cl)cc2)ccc1O. The van der Waals surface area contributed by atoms with Crippen LogP contribution in [0.15, 0.2) is 42.5 Å². The second-order valence-corrected chi connectivity index (χ2v) is 4.27. The van der Waals surface area contributed by atoms with Crippen LogP contribution >= 0.6 is 11.6 Å². The summed E-state index contributed by atoms with van der Waals surface area (Å²) in [5.74, 6) is 0.113.